The molecule has 3 rings (SSSR count). The van der Waals surface area contributed by atoms with Crippen molar-refractivity contribution in [2.75, 3.05) is 25.3 Å². The fourth-order valence-electron chi connectivity index (χ4n) is 2.81. The second-order valence-electron chi connectivity index (χ2n) is 5.56. The molecule has 5 nitrogen and oxygen atoms in total. The Morgan fingerprint density at radius 3 is 2.46 bits per heavy atom. The van der Waals surface area contributed by atoms with Gasteiger partial charge >= 0.3 is 0 Å². The van der Waals surface area contributed by atoms with Gasteiger partial charge in [0.15, 0.2) is 11.5 Å². The normalized spacial score (nSPS) is 12.0. The third kappa shape index (κ3) is 2.80. The number of rotatable bonds is 5. The van der Waals surface area contributed by atoms with Crippen molar-refractivity contribution in [1.29, 1.82) is 0 Å². The standard InChI is InChI=1S/C19H21N3O2/c1-12(13-7-5-4-6-8-13)22-19-15-11-16(23-2)18(24-3)17(20)14(15)9-10-21-19/h4-12H,20H2,1-3H3,(H,21,22). The summed E-state index contributed by atoms with van der Waals surface area (Å²) in [5.74, 6) is 1.89. The number of nitrogen functional groups attached to an aromatic ring is 1. The van der Waals surface area contributed by atoms with Crippen LogP contribution in [-0.2, 0) is 0 Å². The molecule has 0 saturated heterocycles. The van der Waals surface area contributed by atoms with Crippen LogP contribution in [0.4, 0.5) is 11.5 Å². The van der Waals surface area contributed by atoms with Gasteiger partial charge in [0.25, 0.3) is 0 Å². The van der Waals surface area contributed by atoms with E-state index in [1.807, 2.05) is 30.3 Å². The van der Waals surface area contributed by atoms with Crippen molar-refractivity contribution in [3.05, 3.63) is 54.2 Å². The monoisotopic (exact) mass is 323 g/mol. The van der Waals surface area contributed by atoms with Gasteiger partial charge in [-0.2, -0.15) is 0 Å². The second-order valence-corrected chi connectivity index (χ2v) is 5.56. The van der Waals surface area contributed by atoms with Gasteiger partial charge in [0, 0.05) is 23.0 Å². The van der Waals surface area contributed by atoms with Gasteiger partial charge in [0.1, 0.15) is 5.82 Å². The summed E-state index contributed by atoms with van der Waals surface area (Å²) in [5.41, 5.74) is 7.99. The van der Waals surface area contributed by atoms with Crippen molar-refractivity contribution in [1.82, 2.24) is 4.98 Å². The van der Waals surface area contributed by atoms with E-state index >= 15 is 0 Å². The highest BCUT2D eigenvalue weighted by Crippen LogP contribution is 2.41. The van der Waals surface area contributed by atoms with Crippen LogP contribution < -0.4 is 20.5 Å². The van der Waals surface area contributed by atoms with Crippen LogP contribution in [0.1, 0.15) is 18.5 Å². The topological polar surface area (TPSA) is 69.4 Å². The molecule has 0 fully saturated rings. The summed E-state index contributed by atoms with van der Waals surface area (Å²) in [5, 5.41) is 5.23. The lowest BCUT2D eigenvalue weighted by Crippen LogP contribution is -2.08. The van der Waals surface area contributed by atoms with Gasteiger partial charge in [-0.1, -0.05) is 30.3 Å². The molecule has 5 heteroatoms. The highest BCUT2D eigenvalue weighted by molar-refractivity contribution is 6.03. The van der Waals surface area contributed by atoms with Gasteiger partial charge in [0.2, 0.25) is 0 Å². The maximum atomic E-state index is 6.26. The van der Waals surface area contributed by atoms with Gasteiger partial charge in [-0.3, -0.25) is 0 Å². The first-order chi connectivity index (χ1) is 11.7. The molecule has 1 aromatic heterocycles. The van der Waals surface area contributed by atoms with Crippen LogP contribution in [0, 0.1) is 0 Å². The Bertz CT molecular complexity index is 850. The van der Waals surface area contributed by atoms with Crippen molar-refractivity contribution < 1.29 is 9.47 Å². The Hall–Kier alpha value is -2.95. The molecular weight excluding hydrogens is 302 g/mol. The lowest BCUT2D eigenvalue weighted by molar-refractivity contribution is 0.357. The molecule has 0 aliphatic heterocycles. The summed E-state index contributed by atoms with van der Waals surface area (Å²) in [7, 11) is 3.18. The molecule has 0 aliphatic carbocycles. The average Bonchev–Trinajstić information content (AvgIpc) is 2.62. The van der Waals surface area contributed by atoms with Gasteiger partial charge in [-0.25, -0.2) is 4.98 Å². The number of anilines is 2. The summed E-state index contributed by atoms with van der Waals surface area (Å²) in [4.78, 5) is 4.48. The van der Waals surface area contributed by atoms with Crippen LogP contribution in [-0.4, -0.2) is 19.2 Å². The Morgan fingerprint density at radius 1 is 1.04 bits per heavy atom. The molecule has 1 heterocycles. The number of benzene rings is 2. The zero-order valence-corrected chi connectivity index (χ0v) is 14.0. The summed E-state index contributed by atoms with van der Waals surface area (Å²) >= 11 is 0. The van der Waals surface area contributed by atoms with Crippen LogP contribution in [0.3, 0.4) is 0 Å². The first kappa shape index (κ1) is 15.9. The van der Waals surface area contributed by atoms with Crippen molar-refractivity contribution in [3.8, 4) is 11.5 Å². The van der Waals surface area contributed by atoms with Gasteiger partial charge in [0.05, 0.1) is 19.9 Å². The van der Waals surface area contributed by atoms with Crippen LogP contribution in [0.25, 0.3) is 10.8 Å². The van der Waals surface area contributed by atoms with Gasteiger partial charge in [-0.05, 0) is 24.6 Å². The molecule has 2 aromatic carbocycles. The number of ether oxygens (including phenoxy) is 2. The van der Waals surface area contributed by atoms with E-state index in [1.54, 1.807) is 20.4 Å². The number of pyridine rings is 1. The number of nitrogens with two attached hydrogens (primary N) is 1. The molecule has 0 bridgehead atoms. The molecule has 3 N–H and O–H groups in total. The maximum absolute atomic E-state index is 6.26. The minimum absolute atomic E-state index is 0.110. The molecule has 0 radical (unpaired) electrons. The number of aromatic nitrogens is 1. The molecule has 3 aromatic rings. The van der Waals surface area contributed by atoms with Gasteiger partial charge < -0.3 is 20.5 Å². The molecule has 24 heavy (non-hydrogen) atoms. The number of nitrogens with one attached hydrogen (secondary N) is 1. The number of hydrogen-bond acceptors (Lipinski definition) is 5. The summed E-state index contributed by atoms with van der Waals surface area (Å²) in [6.45, 7) is 2.10. The third-order valence-electron chi connectivity index (χ3n) is 4.10. The average molecular weight is 323 g/mol. The zero-order valence-electron chi connectivity index (χ0n) is 14.0. The fraction of sp³-hybridized carbons (Fsp3) is 0.211. The van der Waals surface area contributed by atoms with Crippen molar-refractivity contribution in [2.45, 2.75) is 13.0 Å². The fourth-order valence-corrected chi connectivity index (χ4v) is 2.81. The Balaban J connectivity index is 2.07. The minimum Gasteiger partial charge on any atom is -0.493 e. The largest absolute Gasteiger partial charge is 0.493 e. The van der Waals surface area contributed by atoms with E-state index in [-0.39, 0.29) is 6.04 Å². The summed E-state index contributed by atoms with van der Waals surface area (Å²) < 4.78 is 10.8. The van der Waals surface area contributed by atoms with Crippen molar-refractivity contribution in [3.63, 3.8) is 0 Å². The van der Waals surface area contributed by atoms with Crippen LogP contribution >= 0.6 is 0 Å². The van der Waals surface area contributed by atoms with Crippen molar-refractivity contribution >= 4 is 22.3 Å². The lowest BCUT2D eigenvalue weighted by atomic mass is 10.1. The lowest BCUT2D eigenvalue weighted by Gasteiger charge is -2.18. The Morgan fingerprint density at radius 2 is 1.79 bits per heavy atom. The highest BCUT2D eigenvalue weighted by atomic mass is 16.5. The summed E-state index contributed by atoms with van der Waals surface area (Å²) in [6, 6.07) is 14.1. The number of nitrogens with zero attached hydrogens (tertiary/aromatic N) is 1. The van der Waals surface area contributed by atoms with E-state index in [9.17, 15) is 0 Å². The molecule has 0 saturated carbocycles. The van der Waals surface area contributed by atoms with E-state index in [1.165, 1.54) is 5.56 Å². The molecule has 0 amide bonds. The summed E-state index contributed by atoms with van der Waals surface area (Å²) in [6.07, 6.45) is 1.74. The number of methoxy groups -OCH3 is 2. The van der Waals surface area contributed by atoms with E-state index in [2.05, 4.69) is 29.4 Å². The van der Waals surface area contributed by atoms with E-state index in [0.29, 0.717) is 17.2 Å². The van der Waals surface area contributed by atoms with Crippen LogP contribution in [0.2, 0.25) is 0 Å². The highest BCUT2D eigenvalue weighted by Gasteiger charge is 2.16. The number of fused-ring (bicyclic) bond motifs is 1. The molecular formula is C19H21N3O2. The first-order valence-electron chi connectivity index (χ1n) is 7.76. The molecule has 124 valence electrons. The smallest absolute Gasteiger partial charge is 0.184 e. The molecule has 1 unspecified atom stereocenters. The quantitative estimate of drug-likeness (QED) is 0.694. The van der Waals surface area contributed by atoms with Crippen molar-refractivity contribution in [2.24, 2.45) is 0 Å². The maximum Gasteiger partial charge on any atom is 0.184 e. The second kappa shape index (κ2) is 6.66. The van der Waals surface area contributed by atoms with E-state index in [0.717, 1.165) is 16.6 Å². The number of hydrogen-bond donors (Lipinski definition) is 2. The minimum atomic E-state index is 0.110. The molecule has 0 spiro atoms. The van der Waals surface area contributed by atoms with E-state index in [4.69, 9.17) is 15.2 Å². The zero-order chi connectivity index (χ0) is 17.1. The third-order valence-corrected chi connectivity index (χ3v) is 4.10. The van der Waals surface area contributed by atoms with E-state index < -0.39 is 0 Å². The SMILES string of the molecule is COc1cc2c(NC(C)c3ccccc3)nccc2c(N)c1OC. The predicted molar refractivity (Wildman–Crippen MR) is 97.7 cm³/mol. The van der Waals surface area contributed by atoms with Gasteiger partial charge in [-0.15, -0.1) is 0 Å². The Kier molecular flexibility index (Phi) is 4.42. The molecule has 1 atom stereocenters. The van der Waals surface area contributed by atoms with Crippen LogP contribution in [0.5, 0.6) is 11.5 Å². The predicted octanol–water partition coefficient (Wildman–Crippen LogP) is 4.01. The molecule has 0 aliphatic rings. The Labute approximate surface area is 141 Å². The van der Waals surface area contributed by atoms with Crippen LogP contribution in [0.15, 0.2) is 48.7 Å². The first-order valence-corrected chi connectivity index (χ1v) is 7.76.